The van der Waals surface area contributed by atoms with Gasteiger partial charge in [-0.3, -0.25) is 9.78 Å². The number of hydrogen-bond acceptors (Lipinski definition) is 5. The van der Waals surface area contributed by atoms with Gasteiger partial charge in [0.1, 0.15) is 5.75 Å². The van der Waals surface area contributed by atoms with Crippen LogP contribution >= 0.6 is 0 Å². The zero-order valence-corrected chi connectivity index (χ0v) is 13.4. The zero-order valence-electron chi connectivity index (χ0n) is 13.4. The Morgan fingerprint density at radius 3 is 2.58 bits per heavy atom. The van der Waals surface area contributed by atoms with Crippen LogP contribution in [0.25, 0.3) is 11.3 Å². The molecule has 0 saturated carbocycles. The second-order valence-electron chi connectivity index (χ2n) is 5.84. The predicted molar refractivity (Wildman–Crippen MR) is 87.5 cm³/mol. The van der Waals surface area contributed by atoms with Crippen molar-refractivity contribution in [1.82, 2.24) is 9.88 Å². The van der Waals surface area contributed by atoms with Gasteiger partial charge < -0.3 is 19.1 Å². The van der Waals surface area contributed by atoms with E-state index in [9.17, 15) is 4.79 Å². The third kappa shape index (κ3) is 2.54. The first-order chi connectivity index (χ1) is 11.8. The average molecular weight is 326 g/mol. The molecule has 3 heterocycles. The van der Waals surface area contributed by atoms with E-state index in [1.807, 2.05) is 23.1 Å². The van der Waals surface area contributed by atoms with Crippen molar-refractivity contribution in [2.75, 3.05) is 27.0 Å². The van der Waals surface area contributed by atoms with Crippen molar-refractivity contribution in [2.45, 2.75) is 12.8 Å². The van der Waals surface area contributed by atoms with E-state index < -0.39 is 0 Å². The van der Waals surface area contributed by atoms with Crippen molar-refractivity contribution in [2.24, 2.45) is 0 Å². The molecule has 0 N–H and O–H groups in total. The summed E-state index contributed by atoms with van der Waals surface area (Å²) in [6, 6.07) is 7.30. The monoisotopic (exact) mass is 326 g/mol. The van der Waals surface area contributed by atoms with Gasteiger partial charge >= 0.3 is 0 Å². The molecule has 24 heavy (non-hydrogen) atoms. The molecule has 1 aromatic carbocycles. The number of carbonyl (C=O) groups is 1. The summed E-state index contributed by atoms with van der Waals surface area (Å²) in [5.41, 5.74) is 2.14. The molecular weight excluding hydrogens is 308 g/mol. The molecule has 124 valence electrons. The van der Waals surface area contributed by atoms with Gasteiger partial charge in [0, 0.05) is 30.9 Å². The Labute approximate surface area is 140 Å². The minimum atomic E-state index is 0.0456. The maximum atomic E-state index is 12.4. The fourth-order valence-corrected chi connectivity index (χ4v) is 3.07. The van der Waals surface area contributed by atoms with Crippen molar-refractivity contribution >= 4 is 5.91 Å². The van der Waals surface area contributed by atoms with Crippen LogP contribution in [0.4, 0.5) is 0 Å². The summed E-state index contributed by atoms with van der Waals surface area (Å²) in [6.07, 6.45) is 3.78. The minimum Gasteiger partial charge on any atom is -0.496 e. The lowest BCUT2D eigenvalue weighted by molar-refractivity contribution is 0.0792. The minimum absolute atomic E-state index is 0.0456. The normalized spacial score (nSPS) is 15.6. The molecule has 0 spiro atoms. The molecule has 2 aliphatic rings. The Kier molecular flexibility index (Phi) is 3.72. The number of carbonyl (C=O) groups excluding carboxylic acids is 1. The van der Waals surface area contributed by atoms with E-state index in [1.165, 1.54) is 0 Å². The maximum absolute atomic E-state index is 12.4. The van der Waals surface area contributed by atoms with Crippen molar-refractivity contribution in [3.05, 3.63) is 36.0 Å². The Bertz CT molecular complexity index is 767. The van der Waals surface area contributed by atoms with Gasteiger partial charge in [0.25, 0.3) is 5.91 Å². The highest BCUT2D eigenvalue weighted by Crippen LogP contribution is 2.41. The summed E-state index contributed by atoms with van der Waals surface area (Å²) in [5, 5.41) is 0. The SMILES string of the molecule is COc1cc2c(cc1-c1ccc(C(=O)N3CCCC3)cn1)OCO2. The number of ether oxygens (including phenoxy) is 3. The highest BCUT2D eigenvalue weighted by Gasteiger charge is 2.21. The molecule has 0 atom stereocenters. The fraction of sp³-hybridized carbons (Fsp3) is 0.333. The molecule has 1 saturated heterocycles. The van der Waals surface area contributed by atoms with Gasteiger partial charge in [-0.05, 0) is 31.0 Å². The molecular formula is C18H18N2O4. The third-order valence-corrected chi connectivity index (χ3v) is 4.37. The van der Waals surface area contributed by atoms with Crippen LogP contribution in [-0.4, -0.2) is 42.8 Å². The summed E-state index contributed by atoms with van der Waals surface area (Å²) < 4.78 is 16.2. The molecule has 1 fully saturated rings. The highest BCUT2D eigenvalue weighted by atomic mass is 16.7. The summed E-state index contributed by atoms with van der Waals surface area (Å²) in [6.45, 7) is 1.87. The third-order valence-electron chi connectivity index (χ3n) is 4.37. The average Bonchev–Trinajstić information content (AvgIpc) is 3.31. The van der Waals surface area contributed by atoms with Crippen LogP contribution in [0.1, 0.15) is 23.2 Å². The number of nitrogens with zero attached hydrogens (tertiary/aromatic N) is 2. The molecule has 0 radical (unpaired) electrons. The number of hydrogen-bond donors (Lipinski definition) is 0. The van der Waals surface area contributed by atoms with E-state index in [2.05, 4.69) is 4.98 Å². The molecule has 6 heteroatoms. The second-order valence-corrected chi connectivity index (χ2v) is 5.84. The summed E-state index contributed by atoms with van der Waals surface area (Å²) >= 11 is 0. The van der Waals surface area contributed by atoms with Crippen LogP contribution in [0.15, 0.2) is 30.5 Å². The van der Waals surface area contributed by atoms with Gasteiger partial charge in [0.05, 0.1) is 18.4 Å². The van der Waals surface area contributed by atoms with Crippen molar-refractivity contribution in [1.29, 1.82) is 0 Å². The molecule has 2 aromatic rings. The van der Waals surface area contributed by atoms with Crippen molar-refractivity contribution in [3.63, 3.8) is 0 Å². The molecule has 0 aliphatic carbocycles. The lowest BCUT2D eigenvalue weighted by atomic mass is 10.1. The van der Waals surface area contributed by atoms with E-state index in [0.717, 1.165) is 37.2 Å². The van der Waals surface area contributed by atoms with Crippen LogP contribution in [0.3, 0.4) is 0 Å². The molecule has 0 bridgehead atoms. The molecule has 6 nitrogen and oxygen atoms in total. The van der Waals surface area contributed by atoms with Gasteiger partial charge in [0.2, 0.25) is 6.79 Å². The Morgan fingerprint density at radius 2 is 1.92 bits per heavy atom. The topological polar surface area (TPSA) is 60.9 Å². The van der Waals surface area contributed by atoms with Crippen LogP contribution in [-0.2, 0) is 0 Å². The number of methoxy groups -OCH3 is 1. The van der Waals surface area contributed by atoms with Crippen LogP contribution < -0.4 is 14.2 Å². The first kappa shape index (κ1) is 14.8. The highest BCUT2D eigenvalue weighted by molar-refractivity contribution is 5.94. The number of fused-ring (bicyclic) bond motifs is 1. The summed E-state index contributed by atoms with van der Waals surface area (Å²) in [4.78, 5) is 18.7. The predicted octanol–water partition coefficient (Wildman–Crippen LogP) is 2.72. The van der Waals surface area contributed by atoms with E-state index in [0.29, 0.717) is 22.8 Å². The number of benzene rings is 1. The smallest absolute Gasteiger partial charge is 0.255 e. The first-order valence-electron chi connectivity index (χ1n) is 7.99. The van der Waals surface area contributed by atoms with E-state index in [1.54, 1.807) is 19.4 Å². The number of likely N-dealkylation sites (tertiary alicyclic amines) is 1. The Hall–Kier alpha value is -2.76. The van der Waals surface area contributed by atoms with Gasteiger partial charge in [-0.2, -0.15) is 0 Å². The van der Waals surface area contributed by atoms with Gasteiger partial charge in [-0.15, -0.1) is 0 Å². The Balaban J connectivity index is 1.64. The number of aromatic nitrogens is 1. The zero-order chi connectivity index (χ0) is 16.5. The number of rotatable bonds is 3. The molecule has 2 aliphatic heterocycles. The molecule has 4 rings (SSSR count). The number of pyridine rings is 1. The van der Waals surface area contributed by atoms with E-state index in [4.69, 9.17) is 14.2 Å². The molecule has 1 aromatic heterocycles. The standard InChI is InChI=1S/C18H18N2O4/c1-22-15-9-17-16(23-11-24-17)8-13(15)14-5-4-12(10-19-14)18(21)20-6-2-3-7-20/h4-5,8-10H,2-3,6-7,11H2,1H3. The maximum Gasteiger partial charge on any atom is 0.255 e. The van der Waals surface area contributed by atoms with Crippen LogP contribution in [0, 0.1) is 0 Å². The van der Waals surface area contributed by atoms with Crippen LogP contribution in [0.5, 0.6) is 17.2 Å². The van der Waals surface area contributed by atoms with Gasteiger partial charge in [-0.1, -0.05) is 0 Å². The number of amides is 1. The summed E-state index contributed by atoms with van der Waals surface area (Å²) in [7, 11) is 1.60. The lowest BCUT2D eigenvalue weighted by Gasteiger charge is -2.15. The van der Waals surface area contributed by atoms with Crippen molar-refractivity contribution in [3.8, 4) is 28.5 Å². The molecule has 0 unspecified atom stereocenters. The van der Waals surface area contributed by atoms with Crippen LogP contribution in [0.2, 0.25) is 0 Å². The second kappa shape index (κ2) is 6.03. The summed E-state index contributed by atoms with van der Waals surface area (Å²) in [5.74, 6) is 2.04. The fourth-order valence-electron chi connectivity index (χ4n) is 3.07. The Morgan fingerprint density at radius 1 is 1.17 bits per heavy atom. The molecule has 1 amide bonds. The van der Waals surface area contributed by atoms with Gasteiger partial charge in [-0.25, -0.2) is 0 Å². The van der Waals surface area contributed by atoms with E-state index in [-0.39, 0.29) is 12.7 Å². The quantitative estimate of drug-likeness (QED) is 0.868. The lowest BCUT2D eigenvalue weighted by Crippen LogP contribution is -2.27. The van der Waals surface area contributed by atoms with Gasteiger partial charge in [0.15, 0.2) is 11.5 Å². The first-order valence-corrected chi connectivity index (χ1v) is 7.99. The van der Waals surface area contributed by atoms with Crippen molar-refractivity contribution < 1.29 is 19.0 Å². The van der Waals surface area contributed by atoms with E-state index >= 15 is 0 Å². The largest absolute Gasteiger partial charge is 0.496 e.